The first-order valence-electron chi connectivity index (χ1n) is 6.55. The van der Waals surface area contributed by atoms with E-state index in [1.54, 1.807) is 4.90 Å². The van der Waals surface area contributed by atoms with Crippen molar-refractivity contribution in [3.8, 4) is 6.07 Å². The van der Waals surface area contributed by atoms with E-state index in [0.717, 1.165) is 0 Å². The number of hydrogen-bond donors (Lipinski definition) is 1. The van der Waals surface area contributed by atoms with Crippen LogP contribution < -0.4 is 0 Å². The lowest BCUT2D eigenvalue weighted by atomic mass is 9.94. The summed E-state index contributed by atoms with van der Waals surface area (Å²) in [5, 5.41) is 18.0. The van der Waals surface area contributed by atoms with E-state index in [-0.39, 0.29) is 18.4 Å². The number of rotatable bonds is 2. The number of morpholine rings is 1. The highest BCUT2D eigenvalue weighted by Gasteiger charge is 2.43. The van der Waals surface area contributed by atoms with Gasteiger partial charge < -0.3 is 14.7 Å². The molecule has 104 valence electrons. The van der Waals surface area contributed by atoms with Gasteiger partial charge in [0.05, 0.1) is 31.1 Å². The van der Waals surface area contributed by atoms with E-state index in [1.165, 1.54) is 0 Å². The van der Waals surface area contributed by atoms with Crippen molar-refractivity contribution < 1.29 is 19.4 Å². The van der Waals surface area contributed by atoms with E-state index in [0.29, 0.717) is 26.0 Å². The lowest BCUT2D eigenvalue weighted by Gasteiger charge is -2.32. The van der Waals surface area contributed by atoms with Gasteiger partial charge in [-0.25, -0.2) is 0 Å². The maximum Gasteiger partial charge on any atom is 0.307 e. The average molecular weight is 266 g/mol. The van der Waals surface area contributed by atoms with Crippen LogP contribution in [0.3, 0.4) is 0 Å². The molecule has 0 aromatic heterocycles. The zero-order chi connectivity index (χ0) is 14.0. The average Bonchev–Trinajstić information content (AvgIpc) is 2.80. The predicted octanol–water partition coefficient (Wildman–Crippen LogP) is 0.484. The number of ether oxygens (including phenoxy) is 1. The van der Waals surface area contributed by atoms with E-state index in [1.807, 2.05) is 13.0 Å². The molecule has 2 aliphatic rings. The second kappa shape index (κ2) is 5.57. The maximum absolute atomic E-state index is 12.4. The summed E-state index contributed by atoms with van der Waals surface area (Å²) in [6, 6.07) is 1.99. The van der Waals surface area contributed by atoms with E-state index in [9.17, 15) is 14.7 Å². The lowest BCUT2D eigenvalue weighted by Crippen LogP contribution is -2.48. The van der Waals surface area contributed by atoms with E-state index >= 15 is 0 Å². The third-order valence-corrected chi connectivity index (χ3v) is 3.95. The Balaban J connectivity index is 2.06. The van der Waals surface area contributed by atoms with Crippen molar-refractivity contribution in [1.29, 1.82) is 5.26 Å². The van der Waals surface area contributed by atoms with Gasteiger partial charge in [0.25, 0.3) is 0 Å². The topological polar surface area (TPSA) is 90.6 Å². The predicted molar refractivity (Wildman–Crippen MR) is 64.9 cm³/mol. The molecule has 1 N–H and O–H groups in total. The largest absolute Gasteiger partial charge is 0.481 e. The highest BCUT2D eigenvalue weighted by atomic mass is 16.5. The monoisotopic (exact) mass is 266 g/mol. The molecular weight excluding hydrogens is 248 g/mol. The molecule has 6 nitrogen and oxygen atoms in total. The van der Waals surface area contributed by atoms with Gasteiger partial charge >= 0.3 is 5.97 Å². The number of amides is 1. The standard InChI is InChI=1S/C13H18N2O4/c1-8-4-10(11(5-8)13(17)18)12(16)15-2-3-19-9(6-14)7-15/h8-11H,2-5,7H2,1H3,(H,17,18)/t8?,9?,10-,11+/m0/s1. The second-order valence-electron chi connectivity index (χ2n) is 5.40. The molecule has 0 bridgehead atoms. The number of carboxylic acid groups (broad SMARTS) is 1. The minimum atomic E-state index is -0.896. The molecule has 1 saturated carbocycles. The Bertz CT molecular complexity index is 417. The first-order valence-corrected chi connectivity index (χ1v) is 6.55. The van der Waals surface area contributed by atoms with Crippen LogP contribution in [0.15, 0.2) is 0 Å². The molecular formula is C13H18N2O4. The Kier molecular flexibility index (Phi) is 4.05. The minimum Gasteiger partial charge on any atom is -0.481 e. The summed E-state index contributed by atoms with van der Waals surface area (Å²) in [5.74, 6) is -1.83. The van der Waals surface area contributed by atoms with Crippen LogP contribution >= 0.6 is 0 Å². The molecule has 2 fully saturated rings. The van der Waals surface area contributed by atoms with Crippen LogP contribution in [-0.2, 0) is 14.3 Å². The van der Waals surface area contributed by atoms with Crippen molar-refractivity contribution in [1.82, 2.24) is 4.90 Å². The van der Waals surface area contributed by atoms with Gasteiger partial charge in [-0.05, 0) is 18.8 Å². The minimum absolute atomic E-state index is 0.139. The number of nitriles is 1. The number of carbonyl (C=O) groups is 2. The van der Waals surface area contributed by atoms with Crippen molar-refractivity contribution in [2.45, 2.75) is 25.9 Å². The zero-order valence-corrected chi connectivity index (χ0v) is 10.9. The number of hydrogen-bond acceptors (Lipinski definition) is 4. The first kappa shape index (κ1) is 13.8. The van der Waals surface area contributed by atoms with E-state index in [2.05, 4.69) is 0 Å². The van der Waals surface area contributed by atoms with Crippen molar-refractivity contribution in [3.63, 3.8) is 0 Å². The van der Waals surface area contributed by atoms with Crippen LogP contribution in [0.1, 0.15) is 19.8 Å². The molecule has 1 saturated heterocycles. The van der Waals surface area contributed by atoms with Crippen LogP contribution in [0.25, 0.3) is 0 Å². The zero-order valence-electron chi connectivity index (χ0n) is 10.9. The van der Waals surface area contributed by atoms with Gasteiger partial charge in [0.15, 0.2) is 6.10 Å². The highest BCUT2D eigenvalue weighted by Crippen LogP contribution is 2.37. The SMILES string of the molecule is CC1C[C@H](C(=O)N2CCOC(C#N)C2)[C@H](C(=O)O)C1. The smallest absolute Gasteiger partial charge is 0.307 e. The third kappa shape index (κ3) is 2.87. The molecule has 1 aliphatic heterocycles. The summed E-state index contributed by atoms with van der Waals surface area (Å²) < 4.78 is 5.19. The fourth-order valence-corrected chi connectivity index (χ4v) is 3.00. The normalized spacial score (nSPS) is 34.8. The number of carboxylic acids is 1. The molecule has 0 radical (unpaired) electrons. The van der Waals surface area contributed by atoms with E-state index < -0.39 is 23.9 Å². The molecule has 6 heteroatoms. The summed E-state index contributed by atoms with van der Waals surface area (Å²) in [5.41, 5.74) is 0. The molecule has 19 heavy (non-hydrogen) atoms. The molecule has 1 aliphatic carbocycles. The van der Waals surface area contributed by atoms with Crippen molar-refractivity contribution in [3.05, 3.63) is 0 Å². The van der Waals surface area contributed by atoms with Crippen LogP contribution in [0.4, 0.5) is 0 Å². The molecule has 0 aromatic carbocycles. The highest BCUT2D eigenvalue weighted by molar-refractivity contribution is 5.85. The Morgan fingerprint density at radius 3 is 2.68 bits per heavy atom. The summed E-state index contributed by atoms with van der Waals surface area (Å²) >= 11 is 0. The first-order chi connectivity index (χ1) is 9.02. The fraction of sp³-hybridized carbons (Fsp3) is 0.769. The molecule has 2 rings (SSSR count). The lowest BCUT2D eigenvalue weighted by molar-refractivity contribution is -0.151. The summed E-state index contributed by atoms with van der Waals surface area (Å²) in [6.45, 7) is 2.99. The van der Waals surface area contributed by atoms with Crippen LogP contribution in [0, 0.1) is 29.1 Å². The van der Waals surface area contributed by atoms with E-state index in [4.69, 9.17) is 10.00 Å². The van der Waals surface area contributed by atoms with Gasteiger partial charge in [-0.15, -0.1) is 0 Å². The Morgan fingerprint density at radius 1 is 1.37 bits per heavy atom. The van der Waals surface area contributed by atoms with Crippen LogP contribution in [0.5, 0.6) is 0 Å². The number of carbonyl (C=O) groups excluding carboxylic acids is 1. The maximum atomic E-state index is 12.4. The Labute approximate surface area is 111 Å². The van der Waals surface area contributed by atoms with Gasteiger partial charge in [-0.2, -0.15) is 5.26 Å². The summed E-state index contributed by atoms with van der Waals surface area (Å²) in [7, 11) is 0. The van der Waals surface area contributed by atoms with Crippen LogP contribution in [0.2, 0.25) is 0 Å². The molecule has 0 aromatic rings. The third-order valence-electron chi connectivity index (χ3n) is 3.95. The van der Waals surface area contributed by atoms with Gasteiger partial charge in [-0.3, -0.25) is 9.59 Å². The molecule has 4 atom stereocenters. The van der Waals surface area contributed by atoms with Crippen molar-refractivity contribution >= 4 is 11.9 Å². The molecule has 1 amide bonds. The quantitative estimate of drug-likeness (QED) is 0.785. The molecule has 2 unspecified atom stereocenters. The van der Waals surface area contributed by atoms with Crippen LogP contribution in [-0.4, -0.2) is 47.7 Å². The molecule has 0 spiro atoms. The number of aliphatic carboxylic acids is 1. The van der Waals surface area contributed by atoms with Gasteiger partial charge in [0, 0.05) is 6.54 Å². The van der Waals surface area contributed by atoms with Gasteiger partial charge in [0.1, 0.15) is 0 Å². The van der Waals surface area contributed by atoms with Gasteiger partial charge in [-0.1, -0.05) is 6.92 Å². The van der Waals surface area contributed by atoms with Crippen molar-refractivity contribution in [2.24, 2.45) is 17.8 Å². The summed E-state index contributed by atoms with van der Waals surface area (Å²) in [4.78, 5) is 25.2. The van der Waals surface area contributed by atoms with Crippen molar-refractivity contribution in [2.75, 3.05) is 19.7 Å². The summed E-state index contributed by atoms with van der Waals surface area (Å²) in [6.07, 6.45) is 0.571. The molecule has 1 heterocycles. The Morgan fingerprint density at radius 2 is 2.05 bits per heavy atom. The fourth-order valence-electron chi connectivity index (χ4n) is 3.00. The second-order valence-corrected chi connectivity index (χ2v) is 5.40. The number of nitrogens with zero attached hydrogens (tertiary/aromatic N) is 2. The Hall–Kier alpha value is -1.61. The van der Waals surface area contributed by atoms with Gasteiger partial charge in [0.2, 0.25) is 5.91 Å².